The van der Waals surface area contributed by atoms with Crippen molar-refractivity contribution in [3.8, 4) is 11.8 Å². The van der Waals surface area contributed by atoms with Gasteiger partial charge in [0, 0.05) is 24.0 Å². The van der Waals surface area contributed by atoms with Crippen LogP contribution in [-0.4, -0.2) is 35.1 Å². The summed E-state index contributed by atoms with van der Waals surface area (Å²) in [6.07, 6.45) is 1.10. The second-order valence-electron chi connectivity index (χ2n) is 6.51. The van der Waals surface area contributed by atoms with E-state index >= 15 is 0 Å². The van der Waals surface area contributed by atoms with Gasteiger partial charge in [-0.05, 0) is 43.9 Å². The van der Waals surface area contributed by atoms with E-state index in [2.05, 4.69) is 15.3 Å². The molecule has 150 valence electrons. The summed E-state index contributed by atoms with van der Waals surface area (Å²) in [6, 6.07) is 4.30. The number of ether oxygens (including phenoxy) is 2. The van der Waals surface area contributed by atoms with Crippen LogP contribution >= 0.6 is 0 Å². The molecule has 0 aliphatic heterocycles. The fourth-order valence-electron chi connectivity index (χ4n) is 3.12. The van der Waals surface area contributed by atoms with Gasteiger partial charge >= 0.3 is 6.18 Å². The smallest absolute Gasteiger partial charge is 0.416 e. The second kappa shape index (κ2) is 8.45. The number of hydrogen-bond donors (Lipinski definition) is 1. The summed E-state index contributed by atoms with van der Waals surface area (Å²) >= 11 is 0. The number of amides is 1. The van der Waals surface area contributed by atoms with Crippen molar-refractivity contribution in [3.05, 3.63) is 47.8 Å². The molecule has 3 rings (SSSR count). The highest BCUT2D eigenvalue weighted by molar-refractivity contribution is 5.94. The highest BCUT2D eigenvalue weighted by Crippen LogP contribution is 2.30. The number of hydrogen-bond acceptors (Lipinski definition) is 5. The zero-order valence-electron chi connectivity index (χ0n) is 15.2. The molecule has 1 aliphatic rings. The summed E-state index contributed by atoms with van der Waals surface area (Å²) in [5, 5.41) is 2.81. The fraction of sp³-hybridized carbons (Fsp3) is 0.421. The van der Waals surface area contributed by atoms with Crippen molar-refractivity contribution in [1.29, 1.82) is 0 Å². The minimum absolute atomic E-state index is 0.00232. The van der Waals surface area contributed by atoms with Gasteiger partial charge in [0.2, 0.25) is 0 Å². The van der Waals surface area contributed by atoms with Gasteiger partial charge in [-0.25, -0.2) is 9.97 Å². The molecule has 0 atom stereocenters. The lowest BCUT2D eigenvalue weighted by Gasteiger charge is -2.29. The summed E-state index contributed by atoms with van der Waals surface area (Å²) in [6.45, 7) is 0. The third-order valence-corrected chi connectivity index (χ3v) is 4.57. The first-order valence-corrected chi connectivity index (χ1v) is 8.86. The van der Waals surface area contributed by atoms with Crippen LogP contribution in [0.25, 0.3) is 0 Å². The normalized spacial score (nSPS) is 19.7. The van der Waals surface area contributed by atoms with E-state index in [0.29, 0.717) is 37.4 Å². The zero-order chi connectivity index (χ0) is 20.1. The highest BCUT2D eigenvalue weighted by atomic mass is 19.4. The number of carbonyl (C=O) groups is 1. The van der Waals surface area contributed by atoms with Crippen LogP contribution in [0.2, 0.25) is 0 Å². The molecule has 1 aliphatic carbocycles. The molecule has 28 heavy (non-hydrogen) atoms. The molecule has 1 fully saturated rings. The van der Waals surface area contributed by atoms with Crippen molar-refractivity contribution < 1.29 is 27.4 Å². The summed E-state index contributed by atoms with van der Waals surface area (Å²) in [5.74, 6) is 0.120. The van der Waals surface area contributed by atoms with Gasteiger partial charge < -0.3 is 14.8 Å². The molecule has 2 aromatic rings. The molecular formula is C19H20F3N3O3. The van der Waals surface area contributed by atoms with Crippen molar-refractivity contribution >= 4 is 5.91 Å². The van der Waals surface area contributed by atoms with Gasteiger partial charge in [-0.2, -0.15) is 13.2 Å². The third kappa shape index (κ3) is 4.90. The number of nitrogens with zero attached hydrogens (tertiary/aromatic N) is 2. The number of rotatable bonds is 5. The first-order valence-electron chi connectivity index (χ1n) is 8.86. The van der Waals surface area contributed by atoms with E-state index < -0.39 is 17.6 Å². The van der Waals surface area contributed by atoms with Gasteiger partial charge in [0.05, 0.1) is 12.7 Å². The number of aromatic nitrogens is 2. The van der Waals surface area contributed by atoms with Crippen molar-refractivity contribution in [2.45, 2.75) is 44.0 Å². The van der Waals surface area contributed by atoms with Crippen LogP contribution in [0.1, 0.15) is 41.6 Å². The molecule has 1 N–H and O–H groups in total. The predicted octanol–water partition coefficient (Wildman–Crippen LogP) is 3.62. The molecule has 1 aromatic carbocycles. The topological polar surface area (TPSA) is 73.3 Å². The second-order valence-corrected chi connectivity index (χ2v) is 6.51. The molecule has 0 bridgehead atoms. The van der Waals surface area contributed by atoms with Gasteiger partial charge in [-0.3, -0.25) is 4.79 Å². The van der Waals surface area contributed by atoms with Crippen molar-refractivity contribution in [3.63, 3.8) is 0 Å². The molecule has 0 unspecified atom stereocenters. The molecule has 1 aromatic heterocycles. The number of methoxy groups -OCH3 is 1. The Balaban J connectivity index is 1.54. The minimum Gasteiger partial charge on any atom is -0.477 e. The Morgan fingerprint density at radius 1 is 1.11 bits per heavy atom. The first kappa shape index (κ1) is 19.9. The number of halogens is 3. The summed E-state index contributed by atoms with van der Waals surface area (Å²) in [7, 11) is 1.48. The Morgan fingerprint density at radius 2 is 1.79 bits per heavy atom. The van der Waals surface area contributed by atoms with Crippen LogP contribution in [0, 0.1) is 0 Å². The molecule has 1 saturated carbocycles. The molecule has 1 heterocycles. The number of benzene rings is 1. The van der Waals surface area contributed by atoms with Gasteiger partial charge in [-0.1, -0.05) is 6.07 Å². The number of nitrogens with one attached hydrogen (secondary N) is 1. The third-order valence-electron chi connectivity index (χ3n) is 4.57. The Kier molecular flexibility index (Phi) is 6.01. The molecule has 6 nitrogen and oxygen atoms in total. The van der Waals surface area contributed by atoms with Gasteiger partial charge in [0.15, 0.2) is 0 Å². The summed E-state index contributed by atoms with van der Waals surface area (Å²) in [4.78, 5) is 20.4. The van der Waals surface area contributed by atoms with Crippen molar-refractivity contribution in [2.75, 3.05) is 7.11 Å². The van der Waals surface area contributed by atoms with Crippen molar-refractivity contribution in [1.82, 2.24) is 15.3 Å². The first-order chi connectivity index (χ1) is 13.4. The Morgan fingerprint density at radius 3 is 2.43 bits per heavy atom. The van der Waals surface area contributed by atoms with Crippen LogP contribution in [0.15, 0.2) is 36.7 Å². The van der Waals surface area contributed by atoms with E-state index in [4.69, 9.17) is 9.47 Å². The van der Waals surface area contributed by atoms with Crippen LogP contribution < -0.4 is 14.8 Å². The van der Waals surface area contributed by atoms with Gasteiger partial charge in [0.1, 0.15) is 6.10 Å². The molecule has 0 spiro atoms. The van der Waals surface area contributed by atoms with Gasteiger partial charge in [0.25, 0.3) is 17.7 Å². The maximum Gasteiger partial charge on any atom is 0.416 e. The lowest BCUT2D eigenvalue weighted by Crippen LogP contribution is -2.39. The molecule has 9 heteroatoms. The van der Waals surface area contributed by atoms with E-state index in [9.17, 15) is 18.0 Å². The number of carbonyl (C=O) groups excluding carboxylic acids is 1. The maximum absolute atomic E-state index is 12.8. The largest absolute Gasteiger partial charge is 0.477 e. The molecule has 0 saturated heterocycles. The average molecular weight is 395 g/mol. The minimum atomic E-state index is -4.48. The van der Waals surface area contributed by atoms with Gasteiger partial charge in [-0.15, -0.1) is 0 Å². The van der Waals surface area contributed by atoms with Crippen LogP contribution in [0.3, 0.4) is 0 Å². The fourth-order valence-corrected chi connectivity index (χ4v) is 3.12. The van der Waals surface area contributed by atoms with E-state index in [0.717, 1.165) is 12.1 Å². The molecule has 1 amide bonds. The monoisotopic (exact) mass is 395 g/mol. The van der Waals surface area contributed by atoms with Crippen molar-refractivity contribution in [2.24, 2.45) is 0 Å². The lowest BCUT2D eigenvalue weighted by atomic mass is 9.92. The number of alkyl halides is 3. The molecular weight excluding hydrogens is 375 g/mol. The quantitative estimate of drug-likeness (QED) is 0.837. The zero-order valence-corrected chi connectivity index (χ0v) is 15.2. The van der Waals surface area contributed by atoms with Crippen LogP contribution in [0.4, 0.5) is 13.2 Å². The van der Waals surface area contributed by atoms with E-state index in [1.807, 2.05) is 0 Å². The summed E-state index contributed by atoms with van der Waals surface area (Å²) < 4.78 is 49.3. The standard InChI is InChI=1S/C19H20F3N3O3/c1-27-17-18(24-10-9-23-17)28-15-7-5-14(6-8-15)25-16(26)12-3-2-4-13(11-12)19(20,21)22/h2-4,9-11,14-15H,5-8H2,1H3,(H,25,26). The Bertz CT molecular complexity index is 821. The highest BCUT2D eigenvalue weighted by Gasteiger charge is 2.31. The van der Waals surface area contributed by atoms with E-state index in [1.165, 1.54) is 31.6 Å². The van der Waals surface area contributed by atoms with E-state index in [1.54, 1.807) is 0 Å². The maximum atomic E-state index is 12.8. The Labute approximate surface area is 160 Å². The molecule has 0 radical (unpaired) electrons. The SMILES string of the molecule is COc1nccnc1OC1CCC(NC(=O)c2cccc(C(F)(F)F)c2)CC1. The van der Waals surface area contributed by atoms with Crippen LogP contribution in [0.5, 0.6) is 11.8 Å². The van der Waals surface area contributed by atoms with E-state index in [-0.39, 0.29) is 17.7 Å². The van der Waals surface area contributed by atoms with Crippen LogP contribution in [-0.2, 0) is 6.18 Å². The lowest BCUT2D eigenvalue weighted by molar-refractivity contribution is -0.137. The Hall–Kier alpha value is -2.84. The predicted molar refractivity (Wildman–Crippen MR) is 94.2 cm³/mol. The summed E-state index contributed by atoms with van der Waals surface area (Å²) in [5.41, 5.74) is -0.840. The average Bonchev–Trinajstić information content (AvgIpc) is 2.69.